The van der Waals surface area contributed by atoms with E-state index < -0.39 is 0 Å². The summed E-state index contributed by atoms with van der Waals surface area (Å²) in [6, 6.07) is 10.1. The van der Waals surface area contributed by atoms with Gasteiger partial charge in [-0.1, -0.05) is 28.1 Å². The predicted octanol–water partition coefficient (Wildman–Crippen LogP) is 4.13. The number of halogens is 1. The van der Waals surface area contributed by atoms with Crippen LogP contribution in [0.3, 0.4) is 0 Å². The number of nitrogens with zero attached hydrogens (tertiary/aromatic N) is 1. The van der Waals surface area contributed by atoms with E-state index in [9.17, 15) is 4.79 Å². The van der Waals surface area contributed by atoms with Gasteiger partial charge in [0.2, 0.25) is 5.91 Å². The Morgan fingerprint density at radius 2 is 2.00 bits per heavy atom. The molecule has 0 spiro atoms. The monoisotopic (exact) mass is 380 g/mol. The molecular weight excluding hydrogens is 360 g/mol. The van der Waals surface area contributed by atoms with Gasteiger partial charge < -0.3 is 5.32 Å². The van der Waals surface area contributed by atoms with Crippen LogP contribution in [0.2, 0.25) is 0 Å². The number of carbonyl (C=O) groups is 1. The molecule has 22 heavy (non-hydrogen) atoms. The summed E-state index contributed by atoms with van der Waals surface area (Å²) >= 11 is 5.16. The van der Waals surface area contributed by atoms with E-state index >= 15 is 0 Å². The summed E-state index contributed by atoms with van der Waals surface area (Å²) in [5.74, 6) is 0.0483. The van der Waals surface area contributed by atoms with Gasteiger partial charge in [-0.25, -0.2) is 0 Å². The minimum Gasteiger partial charge on any atom is -0.348 e. The molecule has 0 saturated carbocycles. The fourth-order valence-electron chi connectivity index (χ4n) is 2.23. The first kappa shape index (κ1) is 17.2. The number of likely N-dealkylation sites (N-methyl/N-ethyl adjacent to an activating group) is 1. The summed E-state index contributed by atoms with van der Waals surface area (Å²) in [6.07, 6.45) is 0. The Bertz CT molecular complexity index is 624. The van der Waals surface area contributed by atoms with E-state index in [1.165, 1.54) is 10.4 Å². The van der Waals surface area contributed by atoms with Crippen LogP contribution >= 0.6 is 27.3 Å². The quantitative estimate of drug-likeness (QED) is 0.816. The summed E-state index contributed by atoms with van der Waals surface area (Å²) in [5.41, 5.74) is 2.40. The van der Waals surface area contributed by atoms with Crippen molar-refractivity contribution in [2.24, 2.45) is 0 Å². The van der Waals surface area contributed by atoms with Crippen molar-refractivity contribution in [3.05, 3.63) is 56.2 Å². The fourth-order valence-corrected chi connectivity index (χ4v) is 3.48. The van der Waals surface area contributed by atoms with Crippen molar-refractivity contribution in [1.29, 1.82) is 0 Å². The van der Waals surface area contributed by atoms with E-state index in [-0.39, 0.29) is 11.9 Å². The number of carbonyl (C=O) groups excluding carboxylic acids is 1. The predicted molar refractivity (Wildman–Crippen MR) is 96.1 cm³/mol. The standard InChI is InChI=1S/C17H21BrN2OS/c1-12-8-9-22-16(12)10-20(3)11-17(21)19-13(2)14-4-6-15(18)7-5-14/h4-9,13H,10-11H2,1-3H3,(H,19,21). The molecule has 1 N–H and O–H groups in total. The van der Waals surface area contributed by atoms with Crippen molar-refractivity contribution < 1.29 is 4.79 Å². The van der Waals surface area contributed by atoms with Crippen LogP contribution in [-0.4, -0.2) is 24.4 Å². The molecule has 3 nitrogen and oxygen atoms in total. The second-order valence-corrected chi connectivity index (χ2v) is 7.46. The van der Waals surface area contributed by atoms with Crippen molar-refractivity contribution >= 4 is 33.2 Å². The van der Waals surface area contributed by atoms with Crippen molar-refractivity contribution in [3.8, 4) is 0 Å². The largest absolute Gasteiger partial charge is 0.348 e. The molecule has 1 aromatic heterocycles. The summed E-state index contributed by atoms with van der Waals surface area (Å²) in [6.45, 7) is 5.32. The molecular formula is C17H21BrN2OS. The first-order valence-electron chi connectivity index (χ1n) is 7.22. The van der Waals surface area contributed by atoms with Crippen LogP contribution in [0.5, 0.6) is 0 Å². The van der Waals surface area contributed by atoms with Crippen LogP contribution in [0.4, 0.5) is 0 Å². The second kappa shape index (κ2) is 7.90. The molecule has 1 unspecified atom stereocenters. The average molecular weight is 381 g/mol. The Morgan fingerprint density at radius 3 is 2.59 bits per heavy atom. The Balaban J connectivity index is 1.84. The fraction of sp³-hybridized carbons (Fsp3) is 0.353. The molecule has 118 valence electrons. The van der Waals surface area contributed by atoms with Gasteiger partial charge in [-0.2, -0.15) is 0 Å². The van der Waals surface area contributed by atoms with Crippen LogP contribution in [-0.2, 0) is 11.3 Å². The third-order valence-electron chi connectivity index (χ3n) is 3.54. The molecule has 5 heteroatoms. The normalized spacial score (nSPS) is 12.4. The smallest absolute Gasteiger partial charge is 0.234 e. The first-order chi connectivity index (χ1) is 10.5. The highest BCUT2D eigenvalue weighted by Gasteiger charge is 2.12. The van der Waals surface area contributed by atoms with Crippen molar-refractivity contribution in [2.45, 2.75) is 26.4 Å². The highest BCUT2D eigenvalue weighted by Crippen LogP contribution is 2.18. The van der Waals surface area contributed by atoms with Crippen LogP contribution in [0.1, 0.15) is 29.0 Å². The number of aryl methyl sites for hydroxylation is 1. The average Bonchev–Trinajstić information content (AvgIpc) is 2.84. The lowest BCUT2D eigenvalue weighted by Gasteiger charge is -2.19. The second-order valence-electron chi connectivity index (χ2n) is 5.54. The zero-order valence-electron chi connectivity index (χ0n) is 13.1. The van der Waals surface area contributed by atoms with E-state index in [1.807, 2.05) is 43.1 Å². The molecule has 0 saturated heterocycles. The molecule has 2 rings (SSSR count). The maximum Gasteiger partial charge on any atom is 0.234 e. The van der Waals surface area contributed by atoms with Gasteiger partial charge in [0.25, 0.3) is 0 Å². The number of nitrogens with one attached hydrogen (secondary N) is 1. The molecule has 1 aromatic carbocycles. The number of thiophene rings is 1. The van der Waals surface area contributed by atoms with E-state index in [0.717, 1.165) is 16.6 Å². The third-order valence-corrected chi connectivity index (χ3v) is 5.08. The van der Waals surface area contributed by atoms with Crippen LogP contribution < -0.4 is 5.32 Å². The van der Waals surface area contributed by atoms with Gasteiger partial charge in [0.1, 0.15) is 0 Å². The van der Waals surface area contributed by atoms with Crippen molar-refractivity contribution in [3.63, 3.8) is 0 Å². The highest BCUT2D eigenvalue weighted by atomic mass is 79.9. The minimum atomic E-state index is 0.0115. The summed E-state index contributed by atoms with van der Waals surface area (Å²) < 4.78 is 1.04. The molecule has 0 radical (unpaired) electrons. The Kier molecular flexibility index (Phi) is 6.17. The number of hydrogen-bond donors (Lipinski definition) is 1. The summed E-state index contributed by atoms with van der Waals surface area (Å²) in [4.78, 5) is 15.5. The lowest BCUT2D eigenvalue weighted by molar-refractivity contribution is -0.122. The minimum absolute atomic E-state index is 0.0115. The van der Waals surface area contributed by atoms with E-state index in [0.29, 0.717) is 6.54 Å². The number of benzene rings is 1. The van der Waals surface area contributed by atoms with Gasteiger partial charge in [-0.3, -0.25) is 9.69 Å². The highest BCUT2D eigenvalue weighted by molar-refractivity contribution is 9.10. The first-order valence-corrected chi connectivity index (χ1v) is 8.89. The molecule has 1 amide bonds. The van der Waals surface area contributed by atoms with Gasteiger partial charge in [0, 0.05) is 15.9 Å². The van der Waals surface area contributed by atoms with Gasteiger partial charge in [0.15, 0.2) is 0 Å². The van der Waals surface area contributed by atoms with Crippen LogP contribution in [0, 0.1) is 6.92 Å². The lowest BCUT2D eigenvalue weighted by Crippen LogP contribution is -2.36. The van der Waals surface area contributed by atoms with Gasteiger partial charge in [0.05, 0.1) is 12.6 Å². The van der Waals surface area contributed by atoms with Crippen molar-refractivity contribution in [1.82, 2.24) is 10.2 Å². The van der Waals surface area contributed by atoms with Crippen LogP contribution in [0.25, 0.3) is 0 Å². The molecule has 1 atom stereocenters. The van der Waals surface area contributed by atoms with Gasteiger partial charge >= 0.3 is 0 Å². The number of amides is 1. The molecule has 0 aliphatic heterocycles. The number of rotatable bonds is 6. The van der Waals surface area contributed by atoms with E-state index in [1.54, 1.807) is 11.3 Å². The van der Waals surface area contributed by atoms with E-state index in [4.69, 9.17) is 0 Å². The van der Waals surface area contributed by atoms with Gasteiger partial charge in [-0.05, 0) is 55.6 Å². The Labute approximate surface area is 144 Å². The van der Waals surface area contributed by atoms with Crippen LogP contribution in [0.15, 0.2) is 40.2 Å². The maximum absolute atomic E-state index is 12.2. The molecule has 1 heterocycles. The molecule has 0 aliphatic rings. The number of hydrogen-bond acceptors (Lipinski definition) is 3. The molecule has 0 bridgehead atoms. The van der Waals surface area contributed by atoms with Gasteiger partial charge in [-0.15, -0.1) is 11.3 Å². The Morgan fingerprint density at radius 1 is 1.32 bits per heavy atom. The van der Waals surface area contributed by atoms with Crippen molar-refractivity contribution in [2.75, 3.05) is 13.6 Å². The molecule has 0 aliphatic carbocycles. The zero-order chi connectivity index (χ0) is 16.1. The zero-order valence-corrected chi connectivity index (χ0v) is 15.5. The third kappa shape index (κ3) is 4.93. The van der Waals surface area contributed by atoms with E-state index in [2.05, 4.69) is 39.6 Å². The maximum atomic E-state index is 12.2. The Hall–Kier alpha value is -1.17. The molecule has 2 aromatic rings. The lowest BCUT2D eigenvalue weighted by atomic mass is 10.1. The molecule has 0 fully saturated rings. The SMILES string of the molecule is Cc1ccsc1CN(C)CC(=O)NC(C)c1ccc(Br)cc1. The topological polar surface area (TPSA) is 32.3 Å². The summed E-state index contributed by atoms with van der Waals surface area (Å²) in [5, 5.41) is 5.14. The summed E-state index contributed by atoms with van der Waals surface area (Å²) in [7, 11) is 1.98.